The van der Waals surface area contributed by atoms with Crippen LogP contribution >= 0.6 is 35.6 Å². The van der Waals surface area contributed by atoms with Gasteiger partial charge in [0.25, 0.3) is 0 Å². The van der Waals surface area contributed by atoms with Crippen molar-refractivity contribution >= 4 is 47.5 Å². The quantitative estimate of drug-likeness (QED) is 0.144. The molecule has 1 amide bonds. The lowest BCUT2D eigenvalue weighted by Gasteiger charge is -2.33. The Kier molecular flexibility index (Phi) is 11.7. The van der Waals surface area contributed by atoms with Gasteiger partial charge >= 0.3 is 5.97 Å². The Hall–Kier alpha value is -5.24. The molecule has 0 aliphatic carbocycles. The summed E-state index contributed by atoms with van der Waals surface area (Å²) in [6.45, 7) is 2.65. The van der Waals surface area contributed by atoms with E-state index < -0.39 is 17.6 Å². The number of fused-ring (bicyclic) bond motifs is 2. The highest BCUT2D eigenvalue weighted by Gasteiger charge is 2.41. The number of ether oxygens (including phenoxy) is 4. The lowest BCUT2D eigenvalue weighted by molar-refractivity contribution is -0.151. The monoisotopic (exact) mass is 783 g/mol. The van der Waals surface area contributed by atoms with E-state index in [4.69, 9.17) is 42.1 Å². The Morgan fingerprint density at radius 3 is 2.43 bits per heavy atom. The SMILES string of the molecule is COC(=O)C(C)(NC(=O)C1Cc2cc3c(cc2CN1)OC(c1ccc(OCc2ccc(Cl)c(Cl)c2)cc1)CO3)c1ccc(-c2ccccc2)c(C#N)c1.Cl. The maximum atomic E-state index is 13.8. The van der Waals surface area contributed by atoms with Gasteiger partial charge in [-0.25, -0.2) is 4.79 Å². The van der Waals surface area contributed by atoms with E-state index in [1.807, 2.05) is 72.8 Å². The molecule has 5 aromatic carbocycles. The first kappa shape index (κ1) is 38.5. The van der Waals surface area contributed by atoms with E-state index >= 15 is 0 Å². The molecule has 2 aliphatic rings. The Morgan fingerprint density at radius 1 is 0.944 bits per heavy atom. The minimum absolute atomic E-state index is 0. The van der Waals surface area contributed by atoms with Crippen LogP contribution in [-0.4, -0.2) is 31.6 Å². The molecule has 12 heteroatoms. The Balaban J connectivity index is 0.00000497. The molecular formula is C42H36Cl3N3O6. The summed E-state index contributed by atoms with van der Waals surface area (Å²) in [6, 6.07) is 33.2. The Labute approximate surface area is 329 Å². The van der Waals surface area contributed by atoms with Crippen molar-refractivity contribution in [1.29, 1.82) is 5.26 Å². The highest BCUT2D eigenvalue weighted by Crippen LogP contribution is 2.40. The Bertz CT molecular complexity index is 2230. The van der Waals surface area contributed by atoms with Crippen molar-refractivity contribution < 1.29 is 28.5 Å². The molecule has 3 atom stereocenters. The fourth-order valence-electron chi connectivity index (χ4n) is 6.60. The first-order valence-corrected chi connectivity index (χ1v) is 17.8. The fraction of sp³-hybridized carbons (Fsp3) is 0.214. The van der Waals surface area contributed by atoms with E-state index in [2.05, 4.69) is 16.7 Å². The summed E-state index contributed by atoms with van der Waals surface area (Å²) in [4.78, 5) is 27.0. The summed E-state index contributed by atoms with van der Waals surface area (Å²) in [5.74, 6) is 0.891. The summed E-state index contributed by atoms with van der Waals surface area (Å²) in [6.07, 6.45) is 0.0394. The minimum Gasteiger partial charge on any atom is -0.489 e. The van der Waals surface area contributed by atoms with Gasteiger partial charge in [-0.05, 0) is 94.8 Å². The van der Waals surface area contributed by atoms with Crippen molar-refractivity contribution in [3.8, 4) is 34.4 Å². The molecule has 0 bridgehead atoms. The molecular weight excluding hydrogens is 749 g/mol. The van der Waals surface area contributed by atoms with Gasteiger partial charge in [0.15, 0.2) is 23.1 Å². The normalized spacial score (nSPS) is 16.7. The third-order valence-electron chi connectivity index (χ3n) is 9.62. The number of amides is 1. The number of carbonyl (C=O) groups excluding carboxylic acids is 2. The van der Waals surface area contributed by atoms with Crippen molar-refractivity contribution in [1.82, 2.24) is 10.6 Å². The van der Waals surface area contributed by atoms with E-state index in [0.717, 1.165) is 33.4 Å². The maximum absolute atomic E-state index is 13.8. The zero-order chi connectivity index (χ0) is 37.1. The molecule has 0 aromatic heterocycles. The molecule has 2 N–H and O–H groups in total. The van der Waals surface area contributed by atoms with Gasteiger partial charge in [-0.15, -0.1) is 12.4 Å². The smallest absolute Gasteiger partial charge is 0.336 e. The van der Waals surface area contributed by atoms with E-state index in [9.17, 15) is 14.9 Å². The van der Waals surface area contributed by atoms with Crippen LogP contribution < -0.4 is 24.8 Å². The summed E-state index contributed by atoms with van der Waals surface area (Å²) in [5, 5.41) is 17.2. The molecule has 0 saturated heterocycles. The van der Waals surface area contributed by atoms with Crippen LogP contribution in [0.25, 0.3) is 11.1 Å². The van der Waals surface area contributed by atoms with Crippen LogP contribution in [0.3, 0.4) is 0 Å². The standard InChI is InChI=1S/C42H35Cl2N3O6.ClH/c1-42(41(49)50-2,31-11-14-33(29(17-31)21-45)26-6-4-3-5-7-26)47-40(48)36-18-28-19-37-38(20-30(28)22-46-36)53-39(24-52-37)27-9-12-32(13-10-27)51-23-25-8-15-34(43)35(44)16-25;/h3-17,19-20,36,39,46H,18,22-24H2,1-2H3,(H,47,48);1H. The third kappa shape index (κ3) is 7.98. The second kappa shape index (κ2) is 16.4. The van der Waals surface area contributed by atoms with Gasteiger partial charge in [0.05, 0.1) is 34.8 Å². The number of halogens is 3. The van der Waals surface area contributed by atoms with Crippen LogP contribution in [0.2, 0.25) is 10.0 Å². The largest absolute Gasteiger partial charge is 0.489 e. The molecule has 3 unspecified atom stereocenters. The number of rotatable bonds is 9. The molecule has 54 heavy (non-hydrogen) atoms. The molecule has 2 aliphatic heterocycles. The summed E-state index contributed by atoms with van der Waals surface area (Å²) < 4.78 is 23.6. The Morgan fingerprint density at radius 2 is 1.70 bits per heavy atom. The predicted octanol–water partition coefficient (Wildman–Crippen LogP) is 8.26. The first-order valence-electron chi connectivity index (χ1n) is 17.0. The number of hydrogen-bond donors (Lipinski definition) is 2. The number of nitrogens with zero attached hydrogens (tertiary/aromatic N) is 1. The number of nitriles is 1. The molecule has 7 rings (SSSR count). The van der Waals surface area contributed by atoms with Gasteiger partial charge in [-0.1, -0.05) is 83.9 Å². The number of nitrogens with one attached hydrogen (secondary N) is 2. The van der Waals surface area contributed by atoms with Gasteiger partial charge in [0.2, 0.25) is 5.91 Å². The molecule has 0 fully saturated rings. The number of hydrogen-bond acceptors (Lipinski definition) is 8. The van der Waals surface area contributed by atoms with E-state index in [0.29, 0.717) is 64.6 Å². The zero-order valence-electron chi connectivity index (χ0n) is 29.4. The maximum Gasteiger partial charge on any atom is 0.336 e. The molecule has 276 valence electrons. The van der Waals surface area contributed by atoms with Crippen LogP contribution in [0, 0.1) is 11.3 Å². The van der Waals surface area contributed by atoms with Crippen LogP contribution in [-0.2, 0) is 39.4 Å². The first-order chi connectivity index (χ1) is 25.6. The average Bonchev–Trinajstić information content (AvgIpc) is 3.19. The van der Waals surface area contributed by atoms with Crippen LogP contribution in [0.5, 0.6) is 17.2 Å². The number of methoxy groups -OCH3 is 1. The zero-order valence-corrected chi connectivity index (χ0v) is 31.7. The molecule has 5 aromatic rings. The second-order valence-electron chi connectivity index (χ2n) is 13.1. The van der Waals surface area contributed by atoms with Crippen molar-refractivity contribution in [2.24, 2.45) is 0 Å². The number of esters is 1. The molecule has 9 nitrogen and oxygen atoms in total. The van der Waals surface area contributed by atoms with Crippen molar-refractivity contribution in [2.45, 2.75) is 44.2 Å². The second-order valence-corrected chi connectivity index (χ2v) is 13.9. The predicted molar refractivity (Wildman–Crippen MR) is 208 cm³/mol. The van der Waals surface area contributed by atoms with E-state index in [1.165, 1.54) is 7.11 Å². The van der Waals surface area contributed by atoms with Gasteiger partial charge in [0, 0.05) is 6.54 Å². The van der Waals surface area contributed by atoms with Gasteiger partial charge in [-0.3, -0.25) is 4.79 Å². The molecule has 0 spiro atoms. The third-order valence-corrected chi connectivity index (χ3v) is 10.4. The van der Waals surface area contributed by atoms with Crippen LogP contribution in [0.15, 0.2) is 103 Å². The highest BCUT2D eigenvalue weighted by atomic mass is 35.5. The summed E-state index contributed by atoms with van der Waals surface area (Å²) in [7, 11) is 1.27. The van der Waals surface area contributed by atoms with Crippen LogP contribution in [0.4, 0.5) is 0 Å². The summed E-state index contributed by atoms with van der Waals surface area (Å²) in [5.41, 5.74) is 4.62. The van der Waals surface area contributed by atoms with Crippen molar-refractivity contribution in [3.63, 3.8) is 0 Å². The average molecular weight is 785 g/mol. The van der Waals surface area contributed by atoms with E-state index in [1.54, 1.807) is 37.3 Å². The summed E-state index contributed by atoms with van der Waals surface area (Å²) >= 11 is 12.1. The topological polar surface area (TPSA) is 119 Å². The molecule has 2 heterocycles. The number of carbonyl (C=O) groups is 2. The van der Waals surface area contributed by atoms with Crippen molar-refractivity contribution in [3.05, 3.63) is 147 Å². The lowest BCUT2D eigenvalue weighted by Crippen LogP contribution is -2.57. The minimum atomic E-state index is -1.55. The molecule has 0 saturated carbocycles. The van der Waals surface area contributed by atoms with Crippen LogP contribution in [0.1, 0.15) is 46.4 Å². The van der Waals surface area contributed by atoms with Gasteiger partial charge in [-0.2, -0.15) is 5.26 Å². The van der Waals surface area contributed by atoms with Gasteiger partial charge in [0.1, 0.15) is 19.0 Å². The molecule has 0 radical (unpaired) electrons. The van der Waals surface area contributed by atoms with E-state index in [-0.39, 0.29) is 24.4 Å². The van der Waals surface area contributed by atoms with Gasteiger partial charge < -0.3 is 29.6 Å². The number of benzene rings is 5. The van der Waals surface area contributed by atoms with Crippen molar-refractivity contribution in [2.75, 3.05) is 13.7 Å². The lowest BCUT2D eigenvalue weighted by atomic mass is 9.87. The fourth-order valence-corrected chi connectivity index (χ4v) is 6.92. The highest BCUT2D eigenvalue weighted by molar-refractivity contribution is 6.42.